The summed E-state index contributed by atoms with van der Waals surface area (Å²) in [5.74, 6) is -0.251. The van der Waals surface area contributed by atoms with E-state index in [1.54, 1.807) is 0 Å². The van der Waals surface area contributed by atoms with Crippen LogP contribution in [0.15, 0.2) is 6.07 Å². The van der Waals surface area contributed by atoms with Crippen molar-refractivity contribution in [3.8, 4) is 0 Å². The van der Waals surface area contributed by atoms with Gasteiger partial charge in [-0.3, -0.25) is 4.68 Å². The van der Waals surface area contributed by atoms with Gasteiger partial charge in [-0.1, -0.05) is 19.3 Å². The molecule has 1 heterocycles. The highest BCUT2D eigenvalue weighted by atomic mass is 16.5. The molecule has 0 unspecified atom stereocenters. The van der Waals surface area contributed by atoms with Crippen molar-refractivity contribution in [3.05, 3.63) is 17.5 Å². The lowest BCUT2D eigenvalue weighted by Gasteiger charge is -2.23. The number of aromatic nitrogens is 2. The van der Waals surface area contributed by atoms with Crippen LogP contribution >= 0.6 is 0 Å². The second-order valence-electron chi connectivity index (χ2n) is 4.63. The van der Waals surface area contributed by atoms with Crippen LogP contribution in [-0.2, 0) is 4.74 Å². The van der Waals surface area contributed by atoms with Crippen LogP contribution in [0.25, 0.3) is 0 Å². The maximum absolute atomic E-state index is 11.8. The van der Waals surface area contributed by atoms with Crippen molar-refractivity contribution in [1.29, 1.82) is 0 Å². The Morgan fingerprint density at radius 3 is 2.82 bits per heavy atom. The predicted octanol–water partition coefficient (Wildman–Crippen LogP) is 2.87. The molecule has 0 N–H and O–H groups in total. The number of esters is 1. The molecule has 1 aliphatic carbocycles. The molecule has 2 rings (SSSR count). The molecule has 1 fully saturated rings. The molecular formula is C13H20N2O2. The molecule has 0 aromatic carbocycles. The second kappa shape index (κ2) is 5.34. The molecule has 94 valence electrons. The third kappa shape index (κ3) is 2.68. The van der Waals surface area contributed by atoms with E-state index in [1.165, 1.54) is 19.3 Å². The topological polar surface area (TPSA) is 44.1 Å². The first-order valence-corrected chi connectivity index (χ1v) is 6.45. The van der Waals surface area contributed by atoms with Crippen LogP contribution in [-0.4, -0.2) is 22.4 Å². The lowest BCUT2D eigenvalue weighted by molar-refractivity contribution is 0.0506. The third-order valence-electron chi connectivity index (χ3n) is 3.26. The summed E-state index contributed by atoms with van der Waals surface area (Å²) in [7, 11) is 0. The molecule has 0 radical (unpaired) electrons. The van der Waals surface area contributed by atoms with Gasteiger partial charge in [0.15, 0.2) is 0 Å². The fraction of sp³-hybridized carbons (Fsp3) is 0.692. The standard InChI is InChI=1S/C13H20N2O2/c1-3-17-13(16)12-9-10(2)14-15(12)11-7-5-4-6-8-11/h9,11H,3-8H2,1-2H3. The van der Waals surface area contributed by atoms with Gasteiger partial charge < -0.3 is 4.74 Å². The van der Waals surface area contributed by atoms with Gasteiger partial charge in [-0.2, -0.15) is 5.10 Å². The summed E-state index contributed by atoms with van der Waals surface area (Å²) in [6.07, 6.45) is 5.99. The molecule has 1 aromatic heterocycles. The summed E-state index contributed by atoms with van der Waals surface area (Å²) in [6.45, 7) is 4.15. The van der Waals surface area contributed by atoms with Crippen LogP contribution in [0.3, 0.4) is 0 Å². The van der Waals surface area contributed by atoms with Crippen molar-refractivity contribution in [1.82, 2.24) is 9.78 Å². The number of ether oxygens (including phenoxy) is 1. The Balaban J connectivity index is 2.22. The Hall–Kier alpha value is -1.32. The van der Waals surface area contributed by atoms with Gasteiger partial charge >= 0.3 is 5.97 Å². The van der Waals surface area contributed by atoms with Crippen molar-refractivity contribution in [2.75, 3.05) is 6.61 Å². The number of hydrogen-bond acceptors (Lipinski definition) is 3. The molecular weight excluding hydrogens is 216 g/mol. The van der Waals surface area contributed by atoms with Gasteiger partial charge in [-0.15, -0.1) is 0 Å². The maximum atomic E-state index is 11.8. The van der Waals surface area contributed by atoms with Gasteiger partial charge in [0.2, 0.25) is 0 Å². The van der Waals surface area contributed by atoms with Gasteiger partial charge in [0.1, 0.15) is 5.69 Å². The monoisotopic (exact) mass is 236 g/mol. The summed E-state index contributed by atoms with van der Waals surface area (Å²) in [6, 6.07) is 2.20. The van der Waals surface area contributed by atoms with Crippen LogP contribution in [0, 0.1) is 6.92 Å². The van der Waals surface area contributed by atoms with Crippen LogP contribution in [0.2, 0.25) is 0 Å². The van der Waals surface area contributed by atoms with Gasteiger partial charge in [-0.25, -0.2) is 4.79 Å². The minimum absolute atomic E-state index is 0.251. The molecule has 0 saturated heterocycles. The Bertz CT molecular complexity index is 392. The van der Waals surface area contributed by atoms with E-state index in [1.807, 2.05) is 24.6 Å². The highest BCUT2D eigenvalue weighted by Crippen LogP contribution is 2.29. The SMILES string of the molecule is CCOC(=O)c1cc(C)nn1C1CCCCC1. The van der Waals surface area contributed by atoms with E-state index >= 15 is 0 Å². The van der Waals surface area contributed by atoms with Gasteiger partial charge in [0.25, 0.3) is 0 Å². The Kier molecular flexibility index (Phi) is 3.82. The fourth-order valence-electron chi connectivity index (χ4n) is 2.48. The summed E-state index contributed by atoms with van der Waals surface area (Å²) in [5, 5.41) is 4.45. The fourth-order valence-corrected chi connectivity index (χ4v) is 2.48. The van der Waals surface area contributed by atoms with E-state index in [0.29, 0.717) is 18.3 Å². The van der Waals surface area contributed by atoms with Gasteiger partial charge in [0.05, 0.1) is 18.3 Å². The predicted molar refractivity (Wildman–Crippen MR) is 65.0 cm³/mol. The zero-order valence-corrected chi connectivity index (χ0v) is 10.6. The van der Waals surface area contributed by atoms with Crippen LogP contribution < -0.4 is 0 Å². The van der Waals surface area contributed by atoms with E-state index in [4.69, 9.17) is 4.74 Å². The van der Waals surface area contributed by atoms with Crippen molar-refractivity contribution in [3.63, 3.8) is 0 Å². The number of nitrogens with zero attached hydrogens (tertiary/aromatic N) is 2. The maximum Gasteiger partial charge on any atom is 0.356 e. The second-order valence-corrected chi connectivity index (χ2v) is 4.63. The summed E-state index contributed by atoms with van der Waals surface area (Å²) in [4.78, 5) is 11.8. The molecule has 4 nitrogen and oxygen atoms in total. The van der Waals surface area contributed by atoms with Crippen molar-refractivity contribution >= 4 is 5.97 Å². The highest BCUT2D eigenvalue weighted by Gasteiger charge is 2.23. The zero-order valence-electron chi connectivity index (χ0n) is 10.6. The van der Waals surface area contributed by atoms with Gasteiger partial charge in [-0.05, 0) is 32.8 Å². The largest absolute Gasteiger partial charge is 0.461 e. The third-order valence-corrected chi connectivity index (χ3v) is 3.26. The first kappa shape index (κ1) is 12.1. The minimum Gasteiger partial charge on any atom is -0.461 e. The quantitative estimate of drug-likeness (QED) is 0.758. The van der Waals surface area contributed by atoms with Gasteiger partial charge in [0, 0.05) is 0 Å². The van der Waals surface area contributed by atoms with E-state index in [9.17, 15) is 4.79 Å². The minimum atomic E-state index is -0.251. The molecule has 0 bridgehead atoms. The van der Waals surface area contributed by atoms with E-state index < -0.39 is 0 Å². The first-order chi connectivity index (χ1) is 8.22. The average Bonchev–Trinajstić information content (AvgIpc) is 2.73. The van der Waals surface area contributed by atoms with E-state index in [2.05, 4.69) is 5.10 Å². The summed E-state index contributed by atoms with van der Waals surface area (Å²) < 4.78 is 6.95. The Labute approximate surface area is 102 Å². The van der Waals surface area contributed by atoms with Crippen LogP contribution in [0.4, 0.5) is 0 Å². The molecule has 4 heteroatoms. The average molecular weight is 236 g/mol. The zero-order chi connectivity index (χ0) is 12.3. The molecule has 0 amide bonds. The number of carbonyl (C=O) groups excluding carboxylic acids is 1. The van der Waals surface area contributed by atoms with E-state index in [-0.39, 0.29) is 5.97 Å². The molecule has 1 aromatic rings. The first-order valence-electron chi connectivity index (χ1n) is 6.45. The number of aryl methyl sites for hydroxylation is 1. The number of carbonyl (C=O) groups is 1. The molecule has 17 heavy (non-hydrogen) atoms. The van der Waals surface area contributed by atoms with Crippen LogP contribution in [0.5, 0.6) is 0 Å². The number of rotatable bonds is 3. The lowest BCUT2D eigenvalue weighted by atomic mass is 9.95. The van der Waals surface area contributed by atoms with Crippen molar-refractivity contribution in [2.45, 2.75) is 52.0 Å². The highest BCUT2D eigenvalue weighted by molar-refractivity contribution is 5.87. The van der Waals surface area contributed by atoms with E-state index in [0.717, 1.165) is 18.5 Å². The Morgan fingerprint density at radius 2 is 2.18 bits per heavy atom. The Morgan fingerprint density at radius 1 is 1.47 bits per heavy atom. The number of hydrogen-bond donors (Lipinski definition) is 0. The summed E-state index contributed by atoms with van der Waals surface area (Å²) >= 11 is 0. The molecule has 1 aliphatic rings. The normalized spacial score (nSPS) is 17.1. The van der Waals surface area contributed by atoms with Crippen LogP contribution in [0.1, 0.15) is 61.3 Å². The summed E-state index contributed by atoms with van der Waals surface area (Å²) in [5.41, 5.74) is 1.50. The smallest absolute Gasteiger partial charge is 0.356 e. The molecule has 0 aliphatic heterocycles. The van der Waals surface area contributed by atoms with Crippen molar-refractivity contribution < 1.29 is 9.53 Å². The molecule has 0 atom stereocenters. The molecule has 0 spiro atoms. The molecule has 1 saturated carbocycles. The van der Waals surface area contributed by atoms with Crippen molar-refractivity contribution in [2.24, 2.45) is 0 Å². The lowest BCUT2D eigenvalue weighted by Crippen LogP contribution is -2.20.